The van der Waals surface area contributed by atoms with Gasteiger partial charge in [0.1, 0.15) is 12.4 Å². The fourth-order valence-electron chi connectivity index (χ4n) is 2.19. The maximum atomic E-state index is 12.0. The van der Waals surface area contributed by atoms with E-state index < -0.39 is 6.09 Å². The minimum absolute atomic E-state index is 0.179. The van der Waals surface area contributed by atoms with Crippen LogP contribution in [0.2, 0.25) is 0 Å². The van der Waals surface area contributed by atoms with Crippen molar-refractivity contribution in [2.24, 2.45) is 0 Å². The maximum Gasteiger partial charge on any atom is 0.407 e. The second-order valence-electron chi connectivity index (χ2n) is 5.06. The monoisotopic (exact) mass is 311 g/mol. The van der Waals surface area contributed by atoms with E-state index in [4.69, 9.17) is 9.47 Å². The van der Waals surface area contributed by atoms with Crippen LogP contribution < -0.4 is 10.1 Å². The Hall–Kier alpha value is -2.75. The molecule has 0 heterocycles. The first kappa shape index (κ1) is 16.6. The summed E-state index contributed by atoms with van der Waals surface area (Å²) in [5.74, 6) is 0.776. The van der Waals surface area contributed by atoms with Gasteiger partial charge < -0.3 is 14.8 Å². The number of amides is 1. The maximum absolute atomic E-state index is 12.0. The van der Waals surface area contributed by atoms with Crippen LogP contribution in [0.3, 0.4) is 0 Å². The van der Waals surface area contributed by atoms with E-state index >= 15 is 0 Å². The molecule has 1 atom stereocenters. The van der Waals surface area contributed by atoms with Gasteiger partial charge in [0.2, 0.25) is 0 Å². The Morgan fingerprint density at radius 3 is 2.48 bits per heavy atom. The number of carbonyl (C=O) groups excluding carboxylic acids is 1. The third-order valence-electron chi connectivity index (χ3n) is 3.43. The first-order valence-corrected chi connectivity index (χ1v) is 7.45. The van der Waals surface area contributed by atoms with Crippen LogP contribution in [0.1, 0.15) is 23.6 Å². The molecule has 1 unspecified atom stereocenters. The van der Waals surface area contributed by atoms with Crippen molar-refractivity contribution >= 4 is 6.09 Å². The molecule has 1 N–H and O–H groups in total. The average Bonchev–Trinajstić information content (AvgIpc) is 2.60. The van der Waals surface area contributed by atoms with Gasteiger partial charge in [0, 0.05) is 0 Å². The number of ether oxygens (including phenoxy) is 2. The summed E-state index contributed by atoms with van der Waals surface area (Å²) in [4.78, 5) is 12.0. The molecule has 4 nitrogen and oxygen atoms in total. The zero-order valence-corrected chi connectivity index (χ0v) is 13.2. The van der Waals surface area contributed by atoms with E-state index in [1.54, 1.807) is 13.2 Å². The van der Waals surface area contributed by atoms with Crippen LogP contribution in [0.15, 0.2) is 67.3 Å². The molecule has 0 spiro atoms. The molecule has 0 saturated carbocycles. The van der Waals surface area contributed by atoms with E-state index in [9.17, 15) is 4.79 Å². The van der Waals surface area contributed by atoms with Gasteiger partial charge in [-0.15, -0.1) is 6.58 Å². The third kappa shape index (κ3) is 5.18. The lowest BCUT2D eigenvalue weighted by Crippen LogP contribution is -2.28. The van der Waals surface area contributed by atoms with Crippen LogP contribution in [-0.4, -0.2) is 13.2 Å². The van der Waals surface area contributed by atoms with E-state index in [-0.39, 0.29) is 12.6 Å². The highest BCUT2D eigenvalue weighted by molar-refractivity contribution is 5.68. The number of methoxy groups -OCH3 is 1. The molecule has 0 aliphatic heterocycles. The van der Waals surface area contributed by atoms with Gasteiger partial charge in [-0.25, -0.2) is 4.79 Å². The zero-order chi connectivity index (χ0) is 16.5. The van der Waals surface area contributed by atoms with Crippen molar-refractivity contribution in [1.82, 2.24) is 5.32 Å². The molecule has 0 saturated heterocycles. The van der Waals surface area contributed by atoms with E-state index in [2.05, 4.69) is 11.9 Å². The first-order valence-electron chi connectivity index (χ1n) is 7.45. The van der Waals surface area contributed by atoms with Gasteiger partial charge in [0.25, 0.3) is 0 Å². The molecule has 120 valence electrons. The lowest BCUT2D eigenvalue weighted by Gasteiger charge is -2.18. The predicted molar refractivity (Wildman–Crippen MR) is 90.3 cm³/mol. The summed E-state index contributed by atoms with van der Waals surface area (Å²) in [6, 6.07) is 17.0. The summed E-state index contributed by atoms with van der Waals surface area (Å²) < 4.78 is 10.4. The molecule has 23 heavy (non-hydrogen) atoms. The molecule has 2 rings (SSSR count). The van der Waals surface area contributed by atoms with Crippen LogP contribution >= 0.6 is 0 Å². The summed E-state index contributed by atoms with van der Waals surface area (Å²) in [5, 5.41) is 2.87. The van der Waals surface area contributed by atoms with Gasteiger partial charge in [-0.1, -0.05) is 48.5 Å². The highest BCUT2D eigenvalue weighted by atomic mass is 16.5. The van der Waals surface area contributed by atoms with E-state index in [0.717, 1.165) is 16.9 Å². The Morgan fingerprint density at radius 2 is 1.87 bits per heavy atom. The molecule has 0 aliphatic carbocycles. The van der Waals surface area contributed by atoms with Crippen LogP contribution in [0.4, 0.5) is 4.79 Å². The topological polar surface area (TPSA) is 47.6 Å². The highest BCUT2D eigenvalue weighted by Gasteiger charge is 2.14. The molecule has 0 bridgehead atoms. The van der Waals surface area contributed by atoms with Gasteiger partial charge in [-0.05, 0) is 29.7 Å². The molecule has 1 amide bonds. The Bertz CT molecular complexity index is 623. The summed E-state index contributed by atoms with van der Waals surface area (Å²) >= 11 is 0. The number of hydrogen-bond donors (Lipinski definition) is 1. The lowest BCUT2D eigenvalue weighted by molar-refractivity contribution is 0.135. The van der Waals surface area contributed by atoms with Crippen LogP contribution in [0.25, 0.3) is 0 Å². The van der Waals surface area contributed by atoms with E-state index in [0.29, 0.717) is 6.42 Å². The van der Waals surface area contributed by atoms with Crippen LogP contribution in [0, 0.1) is 0 Å². The summed E-state index contributed by atoms with van der Waals surface area (Å²) in [7, 11) is 1.62. The molecular weight excluding hydrogens is 290 g/mol. The van der Waals surface area contributed by atoms with E-state index in [1.165, 1.54) is 0 Å². The molecule has 0 aliphatic rings. The molecular formula is C19H21NO3. The fraction of sp³-hybridized carbons (Fsp3) is 0.211. The summed E-state index contributed by atoms with van der Waals surface area (Å²) in [6.07, 6.45) is 1.94. The summed E-state index contributed by atoms with van der Waals surface area (Å²) in [6.45, 7) is 3.99. The first-order chi connectivity index (χ1) is 11.2. The lowest BCUT2D eigenvalue weighted by atomic mass is 10.0. The summed E-state index contributed by atoms with van der Waals surface area (Å²) in [5.41, 5.74) is 1.93. The van der Waals surface area contributed by atoms with Crippen molar-refractivity contribution in [3.8, 4) is 5.75 Å². The Labute approximate surface area is 136 Å². The quantitative estimate of drug-likeness (QED) is 0.778. The van der Waals surface area contributed by atoms with Crippen LogP contribution in [-0.2, 0) is 11.3 Å². The Balaban J connectivity index is 1.94. The minimum atomic E-state index is -0.448. The van der Waals surface area contributed by atoms with Gasteiger partial charge in [0.05, 0.1) is 13.2 Å². The van der Waals surface area contributed by atoms with Crippen LogP contribution in [0.5, 0.6) is 5.75 Å². The van der Waals surface area contributed by atoms with Crippen molar-refractivity contribution in [1.29, 1.82) is 0 Å². The minimum Gasteiger partial charge on any atom is -0.497 e. The van der Waals surface area contributed by atoms with Gasteiger partial charge in [-0.2, -0.15) is 0 Å². The molecule has 0 aromatic heterocycles. The van der Waals surface area contributed by atoms with Crippen molar-refractivity contribution in [3.05, 3.63) is 78.4 Å². The Morgan fingerprint density at radius 1 is 1.17 bits per heavy atom. The number of nitrogens with one attached hydrogen (secondary N) is 1. The average molecular weight is 311 g/mol. The van der Waals surface area contributed by atoms with Crippen molar-refractivity contribution in [2.75, 3.05) is 7.11 Å². The number of carbonyl (C=O) groups is 1. The van der Waals surface area contributed by atoms with Gasteiger partial charge in [0.15, 0.2) is 0 Å². The van der Waals surface area contributed by atoms with Crippen molar-refractivity contribution in [3.63, 3.8) is 0 Å². The predicted octanol–water partition coefficient (Wildman–Crippen LogP) is 4.24. The second kappa shape index (κ2) is 8.63. The van der Waals surface area contributed by atoms with E-state index in [1.807, 2.05) is 54.6 Å². The third-order valence-corrected chi connectivity index (χ3v) is 3.43. The smallest absolute Gasteiger partial charge is 0.407 e. The normalized spacial score (nSPS) is 11.3. The zero-order valence-electron chi connectivity index (χ0n) is 13.2. The largest absolute Gasteiger partial charge is 0.497 e. The van der Waals surface area contributed by atoms with Gasteiger partial charge in [-0.3, -0.25) is 0 Å². The number of benzene rings is 2. The number of alkyl carbamates (subject to hydrolysis) is 1. The number of rotatable bonds is 7. The van der Waals surface area contributed by atoms with Crippen molar-refractivity contribution < 1.29 is 14.3 Å². The highest BCUT2D eigenvalue weighted by Crippen LogP contribution is 2.20. The standard InChI is InChI=1S/C19H21NO3/c1-3-7-18(16-10-12-17(22-2)13-11-16)20-19(21)23-14-15-8-5-4-6-9-15/h3-6,8-13,18H,1,7,14H2,2H3,(H,20,21). The van der Waals surface area contributed by atoms with Gasteiger partial charge >= 0.3 is 6.09 Å². The molecule has 2 aromatic rings. The molecule has 0 fully saturated rings. The second-order valence-corrected chi connectivity index (χ2v) is 5.06. The number of hydrogen-bond acceptors (Lipinski definition) is 3. The Kier molecular flexibility index (Phi) is 6.24. The molecule has 2 aromatic carbocycles. The molecule has 4 heteroatoms. The van der Waals surface area contributed by atoms with Crippen molar-refractivity contribution in [2.45, 2.75) is 19.1 Å². The molecule has 0 radical (unpaired) electrons. The SMILES string of the molecule is C=CCC(NC(=O)OCc1ccccc1)c1ccc(OC)cc1. The fourth-order valence-corrected chi connectivity index (χ4v) is 2.19.